The lowest BCUT2D eigenvalue weighted by atomic mass is 9.95. The molecule has 1 N–H and O–H groups in total. The van der Waals surface area contributed by atoms with Gasteiger partial charge in [0.25, 0.3) is 0 Å². The molecule has 4 heteroatoms. The molecular weight excluding hydrogens is 266 g/mol. The molecule has 4 nitrogen and oxygen atoms in total. The molecule has 0 aliphatic carbocycles. The van der Waals surface area contributed by atoms with Crippen molar-refractivity contribution < 1.29 is 14.6 Å². The van der Waals surface area contributed by atoms with Crippen LogP contribution in [0.5, 0.6) is 0 Å². The van der Waals surface area contributed by atoms with E-state index >= 15 is 0 Å². The zero-order chi connectivity index (χ0) is 15.5. The minimum Gasteiger partial charge on any atom is -0.481 e. The maximum atomic E-state index is 10.8. The maximum Gasteiger partial charge on any atom is 0.307 e. The largest absolute Gasteiger partial charge is 0.481 e. The fourth-order valence-electron chi connectivity index (χ4n) is 2.10. The summed E-state index contributed by atoms with van der Waals surface area (Å²) in [7, 11) is 1.69. The molecule has 2 aromatic rings. The van der Waals surface area contributed by atoms with Crippen LogP contribution in [-0.4, -0.2) is 23.2 Å². The average Bonchev–Trinajstić information content (AvgIpc) is 2.47. The first-order chi connectivity index (χ1) is 9.92. The molecule has 0 amide bonds. The molecule has 0 spiro atoms. The van der Waals surface area contributed by atoms with Crippen LogP contribution in [0.15, 0.2) is 42.7 Å². The van der Waals surface area contributed by atoms with E-state index in [-0.39, 0.29) is 12.0 Å². The molecule has 0 unspecified atom stereocenters. The summed E-state index contributed by atoms with van der Waals surface area (Å²) in [4.78, 5) is 14.9. The van der Waals surface area contributed by atoms with Crippen LogP contribution >= 0.6 is 0 Å². The molecule has 110 valence electrons. The van der Waals surface area contributed by atoms with E-state index in [1.165, 1.54) is 0 Å². The summed E-state index contributed by atoms with van der Waals surface area (Å²) in [6.45, 7) is 4.02. The molecule has 0 saturated heterocycles. The van der Waals surface area contributed by atoms with Crippen LogP contribution in [0.4, 0.5) is 0 Å². The van der Waals surface area contributed by atoms with E-state index in [1.807, 2.05) is 44.2 Å². The fourth-order valence-corrected chi connectivity index (χ4v) is 2.10. The van der Waals surface area contributed by atoms with Crippen molar-refractivity contribution in [2.45, 2.75) is 25.9 Å². The van der Waals surface area contributed by atoms with Gasteiger partial charge in [-0.15, -0.1) is 0 Å². The lowest BCUT2D eigenvalue weighted by Gasteiger charge is -2.23. The predicted molar refractivity (Wildman–Crippen MR) is 81.0 cm³/mol. The van der Waals surface area contributed by atoms with E-state index in [9.17, 15) is 4.79 Å². The molecule has 0 fully saturated rings. The van der Waals surface area contributed by atoms with Gasteiger partial charge in [-0.2, -0.15) is 0 Å². The summed E-state index contributed by atoms with van der Waals surface area (Å²) in [5.41, 5.74) is 3.37. The summed E-state index contributed by atoms with van der Waals surface area (Å²) >= 11 is 0. The number of methoxy groups -OCH3 is 1. The number of benzene rings is 1. The number of nitrogens with zero attached hydrogens (tertiary/aromatic N) is 1. The van der Waals surface area contributed by atoms with Crippen molar-refractivity contribution in [2.75, 3.05) is 7.11 Å². The summed E-state index contributed by atoms with van der Waals surface area (Å²) < 4.78 is 5.45. The van der Waals surface area contributed by atoms with Gasteiger partial charge in [0.15, 0.2) is 0 Å². The second-order valence-corrected chi connectivity index (χ2v) is 5.44. The number of pyridine rings is 1. The normalized spacial score (nSPS) is 11.4. The Labute approximate surface area is 124 Å². The predicted octanol–water partition coefficient (Wildman–Crippen LogP) is 3.26. The number of hydrogen-bond donors (Lipinski definition) is 1. The van der Waals surface area contributed by atoms with Gasteiger partial charge in [0.2, 0.25) is 0 Å². The van der Waals surface area contributed by atoms with Gasteiger partial charge in [-0.3, -0.25) is 9.78 Å². The minimum atomic E-state index is -0.855. The summed E-state index contributed by atoms with van der Waals surface area (Å²) in [6, 6.07) is 9.89. The maximum absolute atomic E-state index is 10.8. The SMILES string of the molecule is COC(C)(C)c1ccc(-c2cncc(CC(=O)O)c2)cc1. The number of carbonyl (C=O) groups is 1. The van der Waals surface area contributed by atoms with Crippen molar-refractivity contribution in [3.8, 4) is 11.1 Å². The molecule has 0 aliphatic heterocycles. The Kier molecular flexibility index (Phi) is 4.38. The second kappa shape index (κ2) is 6.06. The lowest BCUT2D eigenvalue weighted by molar-refractivity contribution is -0.136. The third kappa shape index (κ3) is 3.67. The summed E-state index contributed by atoms with van der Waals surface area (Å²) in [5.74, 6) is -0.855. The van der Waals surface area contributed by atoms with Crippen LogP contribution < -0.4 is 0 Å². The topological polar surface area (TPSA) is 59.4 Å². The van der Waals surface area contributed by atoms with Crippen LogP contribution in [0.2, 0.25) is 0 Å². The van der Waals surface area contributed by atoms with E-state index in [0.717, 1.165) is 16.7 Å². The number of ether oxygens (including phenoxy) is 1. The second-order valence-electron chi connectivity index (χ2n) is 5.44. The molecule has 0 radical (unpaired) electrons. The Morgan fingerprint density at radius 2 is 1.86 bits per heavy atom. The highest BCUT2D eigenvalue weighted by atomic mass is 16.5. The number of rotatable bonds is 5. The monoisotopic (exact) mass is 285 g/mol. The van der Waals surface area contributed by atoms with E-state index in [4.69, 9.17) is 9.84 Å². The third-order valence-corrected chi connectivity index (χ3v) is 3.57. The number of carboxylic acids is 1. The van der Waals surface area contributed by atoms with Crippen LogP contribution in [0, 0.1) is 0 Å². The number of aromatic nitrogens is 1. The van der Waals surface area contributed by atoms with E-state index in [1.54, 1.807) is 19.5 Å². The molecule has 0 bridgehead atoms. The van der Waals surface area contributed by atoms with Crippen LogP contribution in [0.3, 0.4) is 0 Å². The Bertz CT molecular complexity index is 633. The van der Waals surface area contributed by atoms with Gasteiger partial charge < -0.3 is 9.84 Å². The molecule has 0 aliphatic rings. The number of carboxylic acid groups (broad SMARTS) is 1. The van der Waals surface area contributed by atoms with E-state index in [0.29, 0.717) is 5.56 Å². The first-order valence-corrected chi connectivity index (χ1v) is 6.74. The van der Waals surface area contributed by atoms with Crippen molar-refractivity contribution in [3.05, 3.63) is 53.9 Å². The smallest absolute Gasteiger partial charge is 0.307 e. The zero-order valence-electron chi connectivity index (χ0n) is 12.5. The molecule has 0 atom stereocenters. The average molecular weight is 285 g/mol. The van der Waals surface area contributed by atoms with Gasteiger partial charge in [-0.1, -0.05) is 24.3 Å². The molecule has 1 aromatic heterocycles. The third-order valence-electron chi connectivity index (χ3n) is 3.57. The van der Waals surface area contributed by atoms with Gasteiger partial charge >= 0.3 is 5.97 Å². The standard InChI is InChI=1S/C17H19NO3/c1-17(2,21-3)15-6-4-13(5-7-15)14-8-12(9-16(19)20)10-18-11-14/h4-8,10-11H,9H2,1-3H3,(H,19,20). The number of hydrogen-bond acceptors (Lipinski definition) is 3. The Hall–Kier alpha value is -2.20. The molecule has 21 heavy (non-hydrogen) atoms. The van der Waals surface area contributed by atoms with Gasteiger partial charge in [0, 0.05) is 25.1 Å². The molecule has 0 saturated carbocycles. The lowest BCUT2D eigenvalue weighted by Crippen LogP contribution is -2.19. The summed E-state index contributed by atoms with van der Waals surface area (Å²) in [5, 5.41) is 8.84. The van der Waals surface area contributed by atoms with E-state index < -0.39 is 5.97 Å². The van der Waals surface area contributed by atoms with Crippen molar-refractivity contribution in [3.63, 3.8) is 0 Å². The van der Waals surface area contributed by atoms with Gasteiger partial charge in [0.05, 0.1) is 12.0 Å². The quantitative estimate of drug-likeness (QED) is 0.916. The Morgan fingerprint density at radius 1 is 1.19 bits per heavy atom. The highest BCUT2D eigenvalue weighted by Crippen LogP contribution is 2.27. The van der Waals surface area contributed by atoms with Gasteiger partial charge in [-0.25, -0.2) is 0 Å². The van der Waals surface area contributed by atoms with Crippen molar-refractivity contribution in [1.82, 2.24) is 4.98 Å². The molecule has 1 aromatic carbocycles. The zero-order valence-corrected chi connectivity index (χ0v) is 12.5. The van der Waals surface area contributed by atoms with Crippen molar-refractivity contribution >= 4 is 5.97 Å². The van der Waals surface area contributed by atoms with Crippen molar-refractivity contribution in [2.24, 2.45) is 0 Å². The first-order valence-electron chi connectivity index (χ1n) is 6.74. The molecular formula is C17H19NO3. The first kappa shape index (κ1) is 15.2. The van der Waals surface area contributed by atoms with E-state index in [2.05, 4.69) is 4.98 Å². The number of aliphatic carboxylic acids is 1. The van der Waals surface area contributed by atoms with Crippen LogP contribution in [0.25, 0.3) is 11.1 Å². The fraction of sp³-hybridized carbons (Fsp3) is 0.294. The highest BCUT2D eigenvalue weighted by Gasteiger charge is 2.18. The summed E-state index contributed by atoms with van der Waals surface area (Å²) in [6.07, 6.45) is 3.30. The van der Waals surface area contributed by atoms with Gasteiger partial charge in [0.1, 0.15) is 0 Å². The Balaban J connectivity index is 2.29. The minimum absolute atomic E-state index is 0.0182. The van der Waals surface area contributed by atoms with Crippen LogP contribution in [-0.2, 0) is 21.6 Å². The van der Waals surface area contributed by atoms with Crippen LogP contribution in [0.1, 0.15) is 25.0 Å². The highest BCUT2D eigenvalue weighted by molar-refractivity contribution is 5.71. The molecule has 2 rings (SSSR count). The Morgan fingerprint density at radius 3 is 2.43 bits per heavy atom. The molecule has 1 heterocycles. The van der Waals surface area contributed by atoms with Gasteiger partial charge in [-0.05, 0) is 36.6 Å². The van der Waals surface area contributed by atoms with Crippen molar-refractivity contribution in [1.29, 1.82) is 0 Å².